The maximum Gasteiger partial charge on any atom is 0.234 e. The van der Waals surface area contributed by atoms with Crippen molar-refractivity contribution >= 4 is 61.5 Å². The van der Waals surface area contributed by atoms with Gasteiger partial charge in [-0.1, -0.05) is 57.2 Å². The van der Waals surface area contributed by atoms with E-state index in [4.69, 9.17) is 10.5 Å². The highest BCUT2D eigenvalue weighted by Crippen LogP contribution is 2.47. The van der Waals surface area contributed by atoms with Crippen molar-refractivity contribution in [2.75, 3.05) is 23.1 Å². The number of nitrogens with zero attached hydrogens (tertiary/aromatic N) is 4. The topological polar surface area (TPSA) is 134 Å². The number of nitriles is 1. The number of nitrogens with one attached hydrogen (secondary N) is 1. The zero-order valence-corrected chi connectivity index (χ0v) is 24.0. The minimum Gasteiger partial charge on any atom is -0.497 e. The zero-order valence-electron chi connectivity index (χ0n) is 20.8. The van der Waals surface area contributed by atoms with E-state index >= 15 is 0 Å². The third kappa shape index (κ3) is 5.56. The van der Waals surface area contributed by atoms with Crippen LogP contribution in [0.2, 0.25) is 0 Å². The first-order chi connectivity index (χ1) is 18.9. The van der Waals surface area contributed by atoms with Crippen molar-refractivity contribution in [1.82, 2.24) is 10.2 Å². The molecule has 1 aliphatic carbocycles. The fourth-order valence-electron chi connectivity index (χ4n) is 4.70. The summed E-state index contributed by atoms with van der Waals surface area (Å²) in [6, 6.07) is 17.0. The van der Waals surface area contributed by atoms with Crippen LogP contribution in [0, 0.1) is 11.3 Å². The lowest BCUT2D eigenvalue weighted by Crippen LogP contribution is -2.38. The smallest absolute Gasteiger partial charge is 0.234 e. The molecule has 0 fully saturated rings. The van der Waals surface area contributed by atoms with Gasteiger partial charge in [0.05, 0.1) is 30.4 Å². The molecule has 2 heterocycles. The van der Waals surface area contributed by atoms with E-state index in [-0.39, 0.29) is 23.3 Å². The number of carbonyl (C=O) groups excluding carboxylic acids is 2. The lowest BCUT2D eigenvalue weighted by atomic mass is 9.76. The van der Waals surface area contributed by atoms with Crippen molar-refractivity contribution in [3.05, 3.63) is 81.2 Å². The number of methoxy groups -OCH3 is 1. The van der Waals surface area contributed by atoms with Crippen LogP contribution in [-0.4, -0.2) is 34.8 Å². The highest BCUT2D eigenvalue weighted by Gasteiger charge is 2.41. The number of thioether (sulfide) groups is 1. The zero-order chi connectivity index (χ0) is 27.5. The monoisotopic (exact) mass is 622 g/mol. The second-order valence-corrected chi connectivity index (χ2v) is 11.9. The summed E-state index contributed by atoms with van der Waals surface area (Å²) in [6.45, 7) is 0. The van der Waals surface area contributed by atoms with Crippen LogP contribution in [-0.2, 0) is 9.59 Å². The molecule has 2 aliphatic rings. The summed E-state index contributed by atoms with van der Waals surface area (Å²) in [5, 5.41) is 22.0. The predicted octanol–water partition coefficient (Wildman–Crippen LogP) is 5.34. The lowest BCUT2D eigenvalue weighted by Gasteiger charge is -2.38. The normalized spacial score (nSPS) is 17.1. The van der Waals surface area contributed by atoms with Gasteiger partial charge in [-0.3, -0.25) is 14.5 Å². The number of Topliss-reactive ketones (excluding diaryl/α,β-unsaturated/α-hetero) is 1. The molecule has 9 nitrogen and oxygen atoms in total. The van der Waals surface area contributed by atoms with Crippen molar-refractivity contribution in [3.8, 4) is 11.8 Å². The van der Waals surface area contributed by atoms with Gasteiger partial charge in [0, 0.05) is 33.9 Å². The fraction of sp³-hybridized carbons (Fsp3) is 0.222. The molecule has 12 heteroatoms. The maximum absolute atomic E-state index is 13.3. The molecule has 1 aliphatic heterocycles. The number of nitrogens with two attached hydrogens (primary N) is 1. The Bertz CT molecular complexity index is 1560. The van der Waals surface area contributed by atoms with Crippen LogP contribution in [0.25, 0.3) is 0 Å². The van der Waals surface area contributed by atoms with Gasteiger partial charge < -0.3 is 15.8 Å². The van der Waals surface area contributed by atoms with Gasteiger partial charge in [-0.2, -0.15) is 5.26 Å². The van der Waals surface area contributed by atoms with Gasteiger partial charge in [0.25, 0.3) is 0 Å². The molecule has 0 saturated carbocycles. The quantitative estimate of drug-likeness (QED) is 0.334. The minimum atomic E-state index is -0.548. The Labute approximate surface area is 241 Å². The molecular formula is C27H23BrN6O3S2. The number of ketones is 1. The molecule has 39 heavy (non-hydrogen) atoms. The molecule has 2 aromatic carbocycles. The van der Waals surface area contributed by atoms with Crippen LogP contribution in [0.3, 0.4) is 0 Å². The van der Waals surface area contributed by atoms with E-state index in [1.54, 1.807) is 36.3 Å². The van der Waals surface area contributed by atoms with Crippen LogP contribution in [0.15, 0.2) is 80.0 Å². The van der Waals surface area contributed by atoms with E-state index in [9.17, 15) is 14.9 Å². The molecule has 0 bridgehead atoms. The predicted molar refractivity (Wildman–Crippen MR) is 154 cm³/mol. The number of halogens is 1. The highest BCUT2D eigenvalue weighted by atomic mass is 79.9. The average molecular weight is 624 g/mol. The summed E-state index contributed by atoms with van der Waals surface area (Å²) in [5.41, 5.74) is 9.68. The van der Waals surface area contributed by atoms with E-state index in [2.05, 4.69) is 37.5 Å². The largest absolute Gasteiger partial charge is 0.497 e. The Kier molecular flexibility index (Phi) is 8.02. The SMILES string of the molecule is COc1cccc(NC(=O)CSc2nnc(N3C(N)=C(C#N)C(c4cccc(Br)c4)C4=C3CCCC4=O)s2)c1. The number of carbonyl (C=O) groups is 2. The molecule has 1 atom stereocenters. The Hall–Kier alpha value is -3.66. The maximum atomic E-state index is 13.3. The summed E-state index contributed by atoms with van der Waals surface area (Å²) in [4.78, 5) is 27.5. The summed E-state index contributed by atoms with van der Waals surface area (Å²) >= 11 is 6.00. The van der Waals surface area contributed by atoms with Crippen LogP contribution in [0.5, 0.6) is 5.75 Å². The van der Waals surface area contributed by atoms with Gasteiger partial charge in [-0.05, 0) is 42.7 Å². The molecule has 1 amide bonds. The number of benzene rings is 2. The van der Waals surface area contributed by atoms with Crippen molar-refractivity contribution < 1.29 is 14.3 Å². The summed E-state index contributed by atoms with van der Waals surface area (Å²) in [7, 11) is 1.57. The molecule has 0 radical (unpaired) electrons. The Morgan fingerprint density at radius 3 is 2.87 bits per heavy atom. The van der Waals surface area contributed by atoms with Crippen molar-refractivity contribution in [1.29, 1.82) is 5.26 Å². The number of anilines is 2. The van der Waals surface area contributed by atoms with Gasteiger partial charge in [0.1, 0.15) is 11.6 Å². The van der Waals surface area contributed by atoms with Crippen LogP contribution in [0.1, 0.15) is 30.7 Å². The molecule has 3 aromatic rings. The lowest BCUT2D eigenvalue weighted by molar-refractivity contribution is -0.116. The molecule has 0 saturated heterocycles. The highest BCUT2D eigenvalue weighted by molar-refractivity contribution is 9.10. The van der Waals surface area contributed by atoms with E-state index in [1.165, 1.54) is 23.1 Å². The van der Waals surface area contributed by atoms with Crippen LogP contribution >= 0.6 is 39.0 Å². The molecular weight excluding hydrogens is 600 g/mol. The Balaban J connectivity index is 1.40. The Morgan fingerprint density at radius 2 is 2.10 bits per heavy atom. The van der Waals surface area contributed by atoms with Crippen molar-refractivity contribution in [2.45, 2.75) is 29.5 Å². The number of amides is 1. The van der Waals surface area contributed by atoms with Crippen molar-refractivity contribution in [2.24, 2.45) is 5.73 Å². The second kappa shape index (κ2) is 11.6. The van der Waals surface area contributed by atoms with Crippen LogP contribution < -0.4 is 20.7 Å². The molecule has 1 aromatic heterocycles. The number of aromatic nitrogens is 2. The van der Waals surface area contributed by atoms with Gasteiger partial charge in [0.15, 0.2) is 10.1 Å². The molecule has 5 rings (SSSR count). The first-order valence-electron chi connectivity index (χ1n) is 12.0. The first kappa shape index (κ1) is 26.9. The summed E-state index contributed by atoms with van der Waals surface area (Å²) < 4.78 is 6.61. The standard InChI is InChI=1S/C27H23BrN6O3S2/c1-37-18-8-3-7-17(12-18)31-22(36)14-38-27-33-32-26(39-27)34-20-9-4-10-21(35)24(20)23(19(13-29)25(34)30)15-5-2-6-16(28)11-15/h2-3,5-8,11-12,23H,4,9-10,14,30H2,1H3,(H,31,36). The first-order valence-corrected chi connectivity index (χ1v) is 14.6. The molecule has 3 N–H and O–H groups in total. The average Bonchev–Trinajstić information content (AvgIpc) is 3.40. The number of rotatable bonds is 7. The van der Waals surface area contributed by atoms with E-state index in [0.29, 0.717) is 51.3 Å². The number of ether oxygens (including phenoxy) is 1. The third-order valence-corrected chi connectivity index (χ3v) is 8.90. The Morgan fingerprint density at radius 1 is 1.28 bits per heavy atom. The minimum absolute atomic E-state index is 0.000183. The summed E-state index contributed by atoms with van der Waals surface area (Å²) in [6.07, 6.45) is 1.71. The second-order valence-electron chi connectivity index (χ2n) is 8.79. The number of hydrogen-bond acceptors (Lipinski definition) is 10. The molecule has 1 unspecified atom stereocenters. The number of hydrogen-bond donors (Lipinski definition) is 2. The van der Waals surface area contributed by atoms with E-state index < -0.39 is 5.92 Å². The van der Waals surface area contributed by atoms with E-state index in [1.807, 2.05) is 24.3 Å². The summed E-state index contributed by atoms with van der Waals surface area (Å²) in [5.74, 6) is 0.259. The van der Waals surface area contributed by atoms with Gasteiger partial charge in [0.2, 0.25) is 11.0 Å². The third-order valence-electron chi connectivity index (χ3n) is 6.36. The van der Waals surface area contributed by atoms with Gasteiger partial charge in [-0.25, -0.2) is 0 Å². The molecule has 0 spiro atoms. The van der Waals surface area contributed by atoms with Gasteiger partial charge in [-0.15, -0.1) is 10.2 Å². The van der Waals surface area contributed by atoms with Gasteiger partial charge >= 0.3 is 0 Å². The van der Waals surface area contributed by atoms with Crippen LogP contribution in [0.4, 0.5) is 10.8 Å². The van der Waals surface area contributed by atoms with E-state index in [0.717, 1.165) is 15.7 Å². The molecule has 198 valence electrons. The number of allylic oxidation sites excluding steroid dienone is 3. The fourth-order valence-corrected chi connectivity index (χ4v) is 6.80. The van der Waals surface area contributed by atoms with Crippen molar-refractivity contribution in [3.63, 3.8) is 0 Å².